The van der Waals surface area contributed by atoms with Crippen LogP contribution >= 0.6 is 0 Å². The van der Waals surface area contributed by atoms with Crippen LogP contribution in [0.2, 0.25) is 0 Å². The molecule has 1 saturated heterocycles. The van der Waals surface area contributed by atoms with Crippen molar-refractivity contribution in [1.29, 1.82) is 0 Å². The first-order chi connectivity index (χ1) is 8.22. The molecule has 0 aromatic heterocycles. The monoisotopic (exact) mass is 235 g/mol. The zero-order valence-electron chi connectivity index (χ0n) is 9.67. The fourth-order valence-electron chi connectivity index (χ4n) is 2.33. The Bertz CT molecular complexity index is 405. The van der Waals surface area contributed by atoms with E-state index in [4.69, 9.17) is 5.11 Å². The van der Waals surface area contributed by atoms with Gasteiger partial charge >= 0.3 is 5.97 Å². The quantitative estimate of drug-likeness (QED) is 0.835. The highest BCUT2D eigenvalue weighted by molar-refractivity contribution is 5.78. The normalized spacial score (nSPS) is 20.3. The predicted molar refractivity (Wildman–Crippen MR) is 65.0 cm³/mol. The van der Waals surface area contributed by atoms with Gasteiger partial charge in [0.25, 0.3) is 0 Å². The number of carboxylic acid groups (broad SMARTS) is 1. The molecule has 0 unspecified atom stereocenters. The average molecular weight is 235 g/mol. The maximum atomic E-state index is 11.2. The van der Waals surface area contributed by atoms with Crippen LogP contribution in [0.5, 0.6) is 0 Å². The molecule has 1 atom stereocenters. The molecule has 1 aromatic rings. The van der Waals surface area contributed by atoms with E-state index < -0.39 is 12.0 Å². The largest absolute Gasteiger partial charge is 0.480 e. The molecule has 0 spiro atoms. The maximum Gasteiger partial charge on any atom is 0.326 e. The molecule has 1 aliphatic heterocycles. The third kappa shape index (κ3) is 2.58. The molecule has 0 bridgehead atoms. The number of aliphatic hydroxyl groups is 1. The summed E-state index contributed by atoms with van der Waals surface area (Å²) >= 11 is 0. The van der Waals surface area contributed by atoms with Crippen molar-refractivity contribution in [2.75, 3.05) is 11.4 Å². The van der Waals surface area contributed by atoms with E-state index in [9.17, 15) is 9.90 Å². The Morgan fingerprint density at radius 3 is 2.94 bits per heavy atom. The molecule has 0 saturated carbocycles. The van der Waals surface area contributed by atoms with Gasteiger partial charge in [-0.3, -0.25) is 0 Å². The van der Waals surface area contributed by atoms with Gasteiger partial charge in [-0.2, -0.15) is 0 Å². The maximum absolute atomic E-state index is 11.2. The Morgan fingerprint density at radius 1 is 1.41 bits per heavy atom. The highest BCUT2D eigenvalue weighted by atomic mass is 16.4. The molecule has 2 N–H and O–H groups in total. The van der Waals surface area contributed by atoms with Crippen molar-refractivity contribution in [3.63, 3.8) is 0 Å². The number of aliphatic hydroxyl groups excluding tert-OH is 1. The third-order valence-corrected chi connectivity index (χ3v) is 3.21. The van der Waals surface area contributed by atoms with E-state index in [2.05, 4.69) is 0 Å². The summed E-state index contributed by atoms with van der Waals surface area (Å²) in [4.78, 5) is 13.1. The molecule has 1 aromatic carbocycles. The van der Waals surface area contributed by atoms with Crippen molar-refractivity contribution in [2.24, 2.45) is 0 Å². The van der Waals surface area contributed by atoms with Crippen LogP contribution in [0.1, 0.15) is 24.8 Å². The van der Waals surface area contributed by atoms with Gasteiger partial charge in [-0.15, -0.1) is 0 Å². The number of carboxylic acids is 1. The molecule has 4 heteroatoms. The summed E-state index contributed by atoms with van der Waals surface area (Å²) in [7, 11) is 0. The van der Waals surface area contributed by atoms with Gasteiger partial charge in [-0.25, -0.2) is 4.79 Å². The molecular weight excluding hydrogens is 218 g/mol. The highest BCUT2D eigenvalue weighted by Gasteiger charge is 2.28. The SMILES string of the molecule is O=C(O)[C@H]1CCCCN1c1cccc(CO)c1. The van der Waals surface area contributed by atoms with E-state index in [0.717, 1.165) is 30.6 Å². The first kappa shape index (κ1) is 11.9. The van der Waals surface area contributed by atoms with Gasteiger partial charge in [0.2, 0.25) is 0 Å². The van der Waals surface area contributed by atoms with E-state index in [0.29, 0.717) is 6.42 Å². The number of rotatable bonds is 3. The standard InChI is InChI=1S/C13H17NO3/c15-9-10-4-3-5-11(8-10)14-7-2-1-6-12(14)13(16)17/h3-5,8,12,15H,1-2,6-7,9H2,(H,16,17)/t12-/m1/s1. The molecule has 0 amide bonds. The summed E-state index contributed by atoms with van der Waals surface area (Å²) in [5, 5.41) is 18.3. The van der Waals surface area contributed by atoms with E-state index in [1.165, 1.54) is 0 Å². The fourth-order valence-corrected chi connectivity index (χ4v) is 2.33. The van der Waals surface area contributed by atoms with Gasteiger partial charge in [-0.1, -0.05) is 12.1 Å². The highest BCUT2D eigenvalue weighted by Crippen LogP contribution is 2.25. The molecule has 0 radical (unpaired) electrons. The van der Waals surface area contributed by atoms with E-state index in [1.807, 2.05) is 29.2 Å². The van der Waals surface area contributed by atoms with E-state index in [-0.39, 0.29) is 6.61 Å². The summed E-state index contributed by atoms with van der Waals surface area (Å²) in [6.07, 6.45) is 2.68. The number of aliphatic carboxylic acids is 1. The van der Waals surface area contributed by atoms with Crippen molar-refractivity contribution in [1.82, 2.24) is 0 Å². The van der Waals surface area contributed by atoms with Gasteiger partial charge in [0.05, 0.1) is 6.61 Å². The first-order valence-corrected chi connectivity index (χ1v) is 5.91. The second kappa shape index (κ2) is 5.19. The molecule has 2 rings (SSSR count). The average Bonchev–Trinajstić information content (AvgIpc) is 2.39. The Hall–Kier alpha value is -1.55. The van der Waals surface area contributed by atoms with Gasteiger partial charge in [0.15, 0.2) is 0 Å². The minimum absolute atomic E-state index is 0.0145. The second-order valence-electron chi connectivity index (χ2n) is 4.37. The van der Waals surface area contributed by atoms with Gasteiger partial charge in [0.1, 0.15) is 6.04 Å². The van der Waals surface area contributed by atoms with Crippen LogP contribution in [0, 0.1) is 0 Å². The number of nitrogens with zero attached hydrogens (tertiary/aromatic N) is 1. The van der Waals surface area contributed by atoms with Gasteiger partial charge in [-0.05, 0) is 37.0 Å². The zero-order chi connectivity index (χ0) is 12.3. The Balaban J connectivity index is 2.26. The smallest absolute Gasteiger partial charge is 0.326 e. The van der Waals surface area contributed by atoms with Crippen molar-refractivity contribution in [3.05, 3.63) is 29.8 Å². The van der Waals surface area contributed by atoms with E-state index in [1.54, 1.807) is 0 Å². The Labute approximate surface area is 100 Å². The lowest BCUT2D eigenvalue weighted by molar-refractivity contribution is -0.139. The number of anilines is 1. The molecule has 0 aliphatic carbocycles. The number of benzene rings is 1. The topological polar surface area (TPSA) is 60.8 Å². The molecular formula is C13H17NO3. The van der Waals surface area contributed by atoms with Crippen molar-refractivity contribution < 1.29 is 15.0 Å². The molecule has 92 valence electrons. The number of hydrogen-bond donors (Lipinski definition) is 2. The van der Waals surface area contributed by atoms with Crippen LogP contribution < -0.4 is 4.90 Å². The summed E-state index contributed by atoms with van der Waals surface area (Å²) in [6, 6.07) is 7.02. The Kier molecular flexibility index (Phi) is 3.64. The van der Waals surface area contributed by atoms with Crippen molar-refractivity contribution >= 4 is 11.7 Å². The van der Waals surface area contributed by atoms with Crippen LogP contribution in [0.4, 0.5) is 5.69 Å². The van der Waals surface area contributed by atoms with Crippen LogP contribution in [0.3, 0.4) is 0 Å². The second-order valence-corrected chi connectivity index (χ2v) is 4.37. The summed E-state index contributed by atoms with van der Waals surface area (Å²) < 4.78 is 0. The number of carbonyl (C=O) groups is 1. The molecule has 1 aliphatic rings. The predicted octanol–water partition coefficient (Wildman–Crippen LogP) is 1.62. The molecule has 17 heavy (non-hydrogen) atoms. The Morgan fingerprint density at radius 2 is 2.24 bits per heavy atom. The van der Waals surface area contributed by atoms with Crippen LogP contribution in [-0.4, -0.2) is 28.8 Å². The minimum Gasteiger partial charge on any atom is -0.480 e. The number of piperidine rings is 1. The van der Waals surface area contributed by atoms with Crippen molar-refractivity contribution in [3.8, 4) is 0 Å². The fraction of sp³-hybridized carbons (Fsp3) is 0.462. The molecule has 1 fully saturated rings. The molecule has 4 nitrogen and oxygen atoms in total. The lowest BCUT2D eigenvalue weighted by Crippen LogP contribution is -2.44. The lowest BCUT2D eigenvalue weighted by Gasteiger charge is -2.35. The number of hydrogen-bond acceptors (Lipinski definition) is 3. The van der Waals surface area contributed by atoms with E-state index >= 15 is 0 Å². The summed E-state index contributed by atoms with van der Waals surface area (Å²) in [6.45, 7) is 0.755. The summed E-state index contributed by atoms with van der Waals surface area (Å²) in [5.41, 5.74) is 1.71. The van der Waals surface area contributed by atoms with Crippen LogP contribution in [0.25, 0.3) is 0 Å². The van der Waals surface area contributed by atoms with Crippen LogP contribution in [0.15, 0.2) is 24.3 Å². The van der Waals surface area contributed by atoms with Crippen molar-refractivity contribution in [2.45, 2.75) is 31.9 Å². The first-order valence-electron chi connectivity index (χ1n) is 5.91. The third-order valence-electron chi connectivity index (χ3n) is 3.21. The lowest BCUT2D eigenvalue weighted by atomic mass is 10.0. The minimum atomic E-state index is -0.765. The molecule has 1 heterocycles. The van der Waals surface area contributed by atoms with Gasteiger partial charge in [0, 0.05) is 12.2 Å². The van der Waals surface area contributed by atoms with Gasteiger partial charge < -0.3 is 15.1 Å². The van der Waals surface area contributed by atoms with Crippen LogP contribution in [-0.2, 0) is 11.4 Å². The zero-order valence-corrected chi connectivity index (χ0v) is 9.67. The summed E-state index contributed by atoms with van der Waals surface area (Å²) in [5.74, 6) is -0.765.